The Kier molecular flexibility index (Phi) is 4.27. The molecule has 1 aromatic carbocycles. The monoisotopic (exact) mass is 355 g/mol. The molecule has 8 nitrogen and oxygen atoms in total. The highest BCUT2D eigenvalue weighted by Crippen LogP contribution is 2.35. The van der Waals surface area contributed by atoms with Gasteiger partial charge < -0.3 is 20.7 Å². The van der Waals surface area contributed by atoms with Crippen LogP contribution >= 0.6 is 0 Å². The van der Waals surface area contributed by atoms with Gasteiger partial charge in [0.2, 0.25) is 5.91 Å². The summed E-state index contributed by atoms with van der Waals surface area (Å²) in [6, 6.07) is 5.50. The minimum atomic E-state index is -0.849. The number of nitrogen functional groups attached to an aromatic ring is 1. The quantitative estimate of drug-likeness (QED) is 0.646. The standard InChI is InChI=1S/C18H21N5O3/c1-10(24)22-11-4-5-13-12(6-11)15-16(19)20-9-21-17(15)23(13)8-18(2,3)7-14(25)26/h4-6,9H,7-8H2,1-3H3,(H,22,24)(H,25,26)(H2,19,20,21). The minimum absolute atomic E-state index is 0.0265. The van der Waals surface area contributed by atoms with Gasteiger partial charge in [0.1, 0.15) is 17.8 Å². The third kappa shape index (κ3) is 3.30. The van der Waals surface area contributed by atoms with Crippen LogP contribution in [0.2, 0.25) is 0 Å². The first kappa shape index (κ1) is 17.7. The van der Waals surface area contributed by atoms with Gasteiger partial charge in [0, 0.05) is 24.5 Å². The van der Waals surface area contributed by atoms with E-state index in [9.17, 15) is 14.7 Å². The zero-order chi connectivity index (χ0) is 19.1. The lowest BCUT2D eigenvalue weighted by Crippen LogP contribution is -2.23. The lowest BCUT2D eigenvalue weighted by molar-refractivity contribution is -0.139. The minimum Gasteiger partial charge on any atom is -0.481 e. The highest BCUT2D eigenvalue weighted by atomic mass is 16.4. The number of hydrogen-bond donors (Lipinski definition) is 3. The van der Waals surface area contributed by atoms with Crippen molar-refractivity contribution in [2.45, 2.75) is 33.7 Å². The first-order valence-corrected chi connectivity index (χ1v) is 8.20. The first-order valence-electron chi connectivity index (χ1n) is 8.20. The van der Waals surface area contributed by atoms with E-state index in [1.54, 1.807) is 6.07 Å². The normalized spacial score (nSPS) is 11.8. The van der Waals surface area contributed by atoms with Crippen LogP contribution < -0.4 is 11.1 Å². The van der Waals surface area contributed by atoms with Gasteiger partial charge in [-0.2, -0.15) is 0 Å². The molecule has 0 saturated heterocycles. The Labute approximate surface area is 150 Å². The maximum Gasteiger partial charge on any atom is 0.303 e. The molecule has 0 saturated carbocycles. The highest BCUT2D eigenvalue weighted by molar-refractivity contribution is 6.12. The molecule has 0 unspecified atom stereocenters. The van der Waals surface area contributed by atoms with E-state index in [0.29, 0.717) is 29.1 Å². The fraction of sp³-hybridized carbons (Fsp3) is 0.333. The van der Waals surface area contributed by atoms with Crippen molar-refractivity contribution in [2.24, 2.45) is 5.41 Å². The van der Waals surface area contributed by atoms with Crippen molar-refractivity contribution in [3.8, 4) is 0 Å². The molecule has 0 atom stereocenters. The molecule has 3 aromatic rings. The second-order valence-electron chi connectivity index (χ2n) is 7.19. The fourth-order valence-corrected chi connectivity index (χ4v) is 3.27. The molecule has 0 bridgehead atoms. The summed E-state index contributed by atoms with van der Waals surface area (Å²) in [7, 11) is 0. The van der Waals surface area contributed by atoms with Crippen molar-refractivity contribution in [1.29, 1.82) is 0 Å². The summed E-state index contributed by atoms with van der Waals surface area (Å²) < 4.78 is 1.96. The van der Waals surface area contributed by atoms with E-state index in [1.165, 1.54) is 13.3 Å². The van der Waals surface area contributed by atoms with Gasteiger partial charge in [-0.3, -0.25) is 9.59 Å². The van der Waals surface area contributed by atoms with Crippen molar-refractivity contribution in [3.63, 3.8) is 0 Å². The Morgan fingerprint density at radius 1 is 1.31 bits per heavy atom. The number of benzene rings is 1. The summed E-state index contributed by atoms with van der Waals surface area (Å²) in [5.41, 5.74) is 7.76. The summed E-state index contributed by atoms with van der Waals surface area (Å²) in [6.45, 7) is 5.69. The number of nitrogens with two attached hydrogens (primary N) is 1. The number of aromatic nitrogens is 3. The van der Waals surface area contributed by atoms with Crippen molar-refractivity contribution in [1.82, 2.24) is 14.5 Å². The number of aliphatic carboxylic acids is 1. The van der Waals surface area contributed by atoms with Gasteiger partial charge in [-0.25, -0.2) is 9.97 Å². The molecule has 0 aliphatic heterocycles. The van der Waals surface area contributed by atoms with Gasteiger partial charge in [-0.1, -0.05) is 13.8 Å². The van der Waals surface area contributed by atoms with Gasteiger partial charge in [0.25, 0.3) is 0 Å². The van der Waals surface area contributed by atoms with Crippen molar-refractivity contribution < 1.29 is 14.7 Å². The maximum absolute atomic E-state index is 11.4. The largest absolute Gasteiger partial charge is 0.481 e. The molecule has 8 heteroatoms. The molecule has 0 aliphatic carbocycles. The van der Waals surface area contributed by atoms with Crippen LogP contribution in [0.5, 0.6) is 0 Å². The van der Waals surface area contributed by atoms with E-state index in [0.717, 1.165) is 10.9 Å². The molecule has 0 spiro atoms. The number of carbonyl (C=O) groups is 2. The molecule has 2 heterocycles. The van der Waals surface area contributed by atoms with E-state index in [-0.39, 0.29) is 12.3 Å². The number of nitrogens with one attached hydrogen (secondary N) is 1. The molecule has 26 heavy (non-hydrogen) atoms. The van der Waals surface area contributed by atoms with E-state index in [2.05, 4.69) is 15.3 Å². The van der Waals surface area contributed by atoms with Crippen molar-refractivity contribution in [3.05, 3.63) is 24.5 Å². The molecular weight excluding hydrogens is 334 g/mol. The second-order valence-corrected chi connectivity index (χ2v) is 7.19. The Hall–Kier alpha value is -3.16. The number of nitrogens with zero attached hydrogens (tertiary/aromatic N) is 3. The van der Waals surface area contributed by atoms with Crippen molar-refractivity contribution in [2.75, 3.05) is 11.1 Å². The third-order valence-corrected chi connectivity index (χ3v) is 4.21. The number of carboxylic acid groups (broad SMARTS) is 1. The molecule has 2 aromatic heterocycles. The van der Waals surface area contributed by atoms with E-state index in [1.807, 2.05) is 30.5 Å². The number of carboxylic acids is 1. The Balaban J connectivity index is 2.22. The summed E-state index contributed by atoms with van der Waals surface area (Å²) in [5, 5.41) is 13.4. The smallest absolute Gasteiger partial charge is 0.303 e. The molecule has 136 valence electrons. The van der Waals surface area contributed by atoms with E-state index >= 15 is 0 Å². The average Bonchev–Trinajstić information content (AvgIpc) is 2.80. The predicted molar refractivity (Wildman–Crippen MR) is 99.8 cm³/mol. The zero-order valence-electron chi connectivity index (χ0n) is 14.9. The highest BCUT2D eigenvalue weighted by Gasteiger charge is 2.25. The van der Waals surface area contributed by atoms with Crippen LogP contribution in [0.4, 0.5) is 11.5 Å². The summed E-state index contributed by atoms with van der Waals surface area (Å²) >= 11 is 0. The van der Waals surface area contributed by atoms with E-state index in [4.69, 9.17) is 5.73 Å². The van der Waals surface area contributed by atoms with Crippen LogP contribution in [0.3, 0.4) is 0 Å². The Morgan fingerprint density at radius 3 is 2.69 bits per heavy atom. The number of amides is 1. The third-order valence-electron chi connectivity index (χ3n) is 4.21. The molecule has 0 fully saturated rings. The van der Waals surface area contributed by atoms with Crippen molar-refractivity contribution >= 4 is 45.3 Å². The number of hydrogen-bond acceptors (Lipinski definition) is 5. The maximum atomic E-state index is 11.4. The van der Waals surface area contributed by atoms with Gasteiger partial charge in [0.15, 0.2) is 0 Å². The Morgan fingerprint density at radius 2 is 2.04 bits per heavy atom. The van der Waals surface area contributed by atoms with Gasteiger partial charge in [0.05, 0.1) is 17.3 Å². The SMILES string of the molecule is CC(=O)Nc1ccc2c(c1)c1c(N)ncnc1n2CC(C)(C)CC(=O)O. The molecule has 4 N–H and O–H groups in total. The molecule has 0 radical (unpaired) electrons. The summed E-state index contributed by atoms with van der Waals surface area (Å²) in [5.74, 6) is -0.674. The topological polar surface area (TPSA) is 123 Å². The molecular formula is C18H21N5O3. The number of rotatable bonds is 5. The Bertz CT molecular complexity index is 1020. The lowest BCUT2D eigenvalue weighted by Gasteiger charge is -2.24. The molecule has 3 rings (SSSR count). The first-order chi connectivity index (χ1) is 12.2. The number of fused-ring (bicyclic) bond motifs is 3. The predicted octanol–water partition coefficient (Wildman–Crippen LogP) is 2.63. The summed E-state index contributed by atoms with van der Waals surface area (Å²) in [6.07, 6.45) is 1.42. The van der Waals surface area contributed by atoms with Gasteiger partial charge in [-0.15, -0.1) is 0 Å². The van der Waals surface area contributed by atoms with Gasteiger partial charge in [-0.05, 0) is 23.6 Å². The second kappa shape index (κ2) is 6.29. The number of anilines is 2. The van der Waals surface area contributed by atoms with Crippen LogP contribution in [-0.2, 0) is 16.1 Å². The van der Waals surface area contributed by atoms with Crippen LogP contribution in [-0.4, -0.2) is 31.5 Å². The van der Waals surface area contributed by atoms with Crippen LogP contribution in [0.15, 0.2) is 24.5 Å². The molecule has 1 amide bonds. The van der Waals surface area contributed by atoms with Crippen LogP contribution in [0, 0.1) is 5.41 Å². The lowest BCUT2D eigenvalue weighted by atomic mass is 9.89. The summed E-state index contributed by atoms with van der Waals surface area (Å²) in [4.78, 5) is 31.0. The van der Waals surface area contributed by atoms with E-state index < -0.39 is 11.4 Å². The number of carbonyl (C=O) groups excluding carboxylic acids is 1. The van der Waals surface area contributed by atoms with Gasteiger partial charge >= 0.3 is 5.97 Å². The van der Waals surface area contributed by atoms with Crippen LogP contribution in [0.25, 0.3) is 21.9 Å². The average molecular weight is 355 g/mol. The zero-order valence-corrected chi connectivity index (χ0v) is 14.9. The van der Waals surface area contributed by atoms with Crippen LogP contribution in [0.1, 0.15) is 27.2 Å². The molecule has 0 aliphatic rings. The fourth-order valence-electron chi connectivity index (χ4n) is 3.27.